The number of thiazole rings is 1. The van der Waals surface area contributed by atoms with E-state index in [2.05, 4.69) is 24.1 Å². The first-order chi connectivity index (χ1) is 7.70. The van der Waals surface area contributed by atoms with Gasteiger partial charge in [-0.3, -0.25) is 0 Å². The molecule has 90 valence electrons. The van der Waals surface area contributed by atoms with Crippen molar-refractivity contribution in [3.05, 3.63) is 15.6 Å². The van der Waals surface area contributed by atoms with E-state index in [1.165, 1.54) is 23.4 Å². The molecule has 1 aromatic rings. The minimum Gasteiger partial charge on any atom is -0.389 e. The molecule has 1 unspecified atom stereocenters. The maximum atomic E-state index is 9.12. The van der Waals surface area contributed by atoms with Gasteiger partial charge in [0, 0.05) is 23.4 Å². The molecule has 1 aromatic heterocycles. The molecule has 0 spiro atoms. The first-order valence-electron chi connectivity index (χ1n) is 6.03. The first-order valence-corrected chi connectivity index (χ1v) is 6.85. The predicted octanol–water partition coefficient (Wildman–Crippen LogP) is 2.05. The maximum Gasteiger partial charge on any atom is 0.119 e. The Balaban J connectivity index is 2.09. The van der Waals surface area contributed by atoms with Gasteiger partial charge < -0.3 is 10.4 Å². The second kappa shape index (κ2) is 5.25. The zero-order valence-corrected chi connectivity index (χ0v) is 10.8. The van der Waals surface area contributed by atoms with E-state index in [9.17, 15) is 0 Å². The molecule has 0 aliphatic heterocycles. The van der Waals surface area contributed by atoms with Gasteiger partial charge in [0.05, 0.1) is 12.3 Å². The van der Waals surface area contributed by atoms with E-state index in [1.54, 1.807) is 11.3 Å². The van der Waals surface area contributed by atoms with Gasteiger partial charge in [-0.1, -0.05) is 13.8 Å². The van der Waals surface area contributed by atoms with Gasteiger partial charge in [-0.2, -0.15) is 0 Å². The highest BCUT2D eigenvalue weighted by Crippen LogP contribution is 2.34. The highest BCUT2D eigenvalue weighted by Gasteiger charge is 2.24. The van der Waals surface area contributed by atoms with Crippen molar-refractivity contribution in [3.8, 4) is 0 Å². The van der Waals surface area contributed by atoms with Crippen LogP contribution in [-0.2, 0) is 13.0 Å². The maximum absolute atomic E-state index is 9.12. The average molecular weight is 240 g/mol. The Bertz CT molecular complexity index is 349. The Hall–Kier alpha value is -0.450. The summed E-state index contributed by atoms with van der Waals surface area (Å²) in [7, 11) is 0. The molecule has 0 fully saturated rings. The zero-order valence-electron chi connectivity index (χ0n) is 9.99. The molecule has 0 saturated heterocycles. The molecule has 0 amide bonds. The molecule has 0 saturated carbocycles. The summed E-state index contributed by atoms with van der Waals surface area (Å²) in [4.78, 5) is 5.95. The lowest BCUT2D eigenvalue weighted by Gasteiger charge is -2.22. The molecular formula is C12H20N2OS. The molecule has 1 heterocycles. The summed E-state index contributed by atoms with van der Waals surface area (Å²) in [5, 5.41) is 13.5. The number of hydrogen-bond donors (Lipinski definition) is 2. The van der Waals surface area contributed by atoms with Crippen LogP contribution in [-0.4, -0.2) is 22.7 Å². The number of rotatable bonds is 4. The Morgan fingerprint density at radius 1 is 1.56 bits per heavy atom. The van der Waals surface area contributed by atoms with E-state index < -0.39 is 0 Å². The minimum atomic E-state index is 0.0853. The number of nitrogens with zero attached hydrogens (tertiary/aromatic N) is 1. The van der Waals surface area contributed by atoms with Gasteiger partial charge in [0.25, 0.3) is 0 Å². The molecular weight excluding hydrogens is 220 g/mol. The van der Waals surface area contributed by atoms with Crippen molar-refractivity contribution < 1.29 is 5.11 Å². The Labute approximate surface area is 101 Å². The van der Waals surface area contributed by atoms with Crippen LogP contribution in [0.2, 0.25) is 0 Å². The average Bonchev–Trinajstić information content (AvgIpc) is 2.69. The van der Waals surface area contributed by atoms with E-state index in [0.29, 0.717) is 12.0 Å². The van der Waals surface area contributed by atoms with Crippen molar-refractivity contribution in [3.63, 3.8) is 0 Å². The molecule has 1 aliphatic carbocycles. The predicted molar refractivity (Wildman–Crippen MR) is 66.9 cm³/mol. The van der Waals surface area contributed by atoms with Gasteiger partial charge in [-0.15, -0.1) is 11.3 Å². The molecule has 0 bridgehead atoms. The summed E-state index contributed by atoms with van der Waals surface area (Å²) in [6, 6.07) is 0.529. The zero-order chi connectivity index (χ0) is 11.5. The number of hydrogen-bond acceptors (Lipinski definition) is 4. The van der Waals surface area contributed by atoms with Crippen molar-refractivity contribution >= 4 is 11.3 Å². The SMILES string of the molecule is CC(C)NCC1CCCc2sc(CO)nc21. The topological polar surface area (TPSA) is 45.1 Å². The van der Waals surface area contributed by atoms with E-state index in [0.717, 1.165) is 18.0 Å². The van der Waals surface area contributed by atoms with Crippen molar-refractivity contribution in [2.75, 3.05) is 6.54 Å². The molecule has 2 N–H and O–H groups in total. The van der Waals surface area contributed by atoms with Crippen LogP contribution in [0.5, 0.6) is 0 Å². The summed E-state index contributed by atoms with van der Waals surface area (Å²) >= 11 is 1.68. The van der Waals surface area contributed by atoms with Crippen LogP contribution in [0.1, 0.15) is 48.2 Å². The fourth-order valence-corrected chi connectivity index (χ4v) is 3.26. The summed E-state index contributed by atoms with van der Waals surface area (Å²) in [6.07, 6.45) is 3.62. The largest absolute Gasteiger partial charge is 0.389 e. The van der Waals surface area contributed by atoms with Gasteiger partial charge in [-0.25, -0.2) is 4.98 Å². The molecule has 16 heavy (non-hydrogen) atoms. The van der Waals surface area contributed by atoms with Crippen LogP contribution in [0.3, 0.4) is 0 Å². The molecule has 1 atom stereocenters. The van der Waals surface area contributed by atoms with Crippen LogP contribution in [0, 0.1) is 0 Å². The standard InChI is InChI=1S/C12H20N2OS/c1-8(2)13-6-9-4-3-5-10-12(9)14-11(7-15)16-10/h8-9,13,15H,3-7H2,1-2H3. The van der Waals surface area contributed by atoms with Crippen molar-refractivity contribution in [1.29, 1.82) is 0 Å². The lowest BCUT2D eigenvalue weighted by molar-refractivity contribution is 0.280. The lowest BCUT2D eigenvalue weighted by Crippen LogP contribution is -2.29. The van der Waals surface area contributed by atoms with Crippen molar-refractivity contribution in [1.82, 2.24) is 10.3 Å². The van der Waals surface area contributed by atoms with Gasteiger partial charge in [0.15, 0.2) is 0 Å². The van der Waals surface area contributed by atoms with Crippen LogP contribution in [0.15, 0.2) is 0 Å². The number of nitrogens with one attached hydrogen (secondary N) is 1. The van der Waals surface area contributed by atoms with E-state index in [4.69, 9.17) is 5.11 Å². The van der Waals surface area contributed by atoms with Crippen molar-refractivity contribution in [2.45, 2.75) is 51.7 Å². The fourth-order valence-electron chi connectivity index (χ4n) is 2.20. The van der Waals surface area contributed by atoms with Gasteiger partial charge in [0.2, 0.25) is 0 Å². The smallest absolute Gasteiger partial charge is 0.119 e. The number of fused-ring (bicyclic) bond motifs is 1. The quantitative estimate of drug-likeness (QED) is 0.846. The van der Waals surface area contributed by atoms with Crippen molar-refractivity contribution in [2.24, 2.45) is 0 Å². The summed E-state index contributed by atoms with van der Waals surface area (Å²) < 4.78 is 0. The number of aliphatic hydroxyl groups is 1. The van der Waals surface area contributed by atoms with E-state index in [-0.39, 0.29) is 6.61 Å². The molecule has 0 radical (unpaired) electrons. The highest BCUT2D eigenvalue weighted by atomic mass is 32.1. The number of aliphatic hydroxyl groups excluding tert-OH is 1. The first kappa shape index (κ1) is 12.0. The van der Waals surface area contributed by atoms with Crippen LogP contribution >= 0.6 is 11.3 Å². The lowest BCUT2D eigenvalue weighted by atomic mass is 9.91. The van der Waals surface area contributed by atoms with Gasteiger partial charge >= 0.3 is 0 Å². The summed E-state index contributed by atoms with van der Waals surface area (Å²) in [5.74, 6) is 0.544. The minimum absolute atomic E-state index is 0.0853. The Morgan fingerprint density at radius 3 is 3.06 bits per heavy atom. The van der Waals surface area contributed by atoms with Crippen LogP contribution < -0.4 is 5.32 Å². The molecule has 1 aliphatic rings. The van der Waals surface area contributed by atoms with E-state index in [1.807, 2.05) is 0 Å². The third kappa shape index (κ3) is 2.62. The Kier molecular flexibility index (Phi) is 3.95. The van der Waals surface area contributed by atoms with Gasteiger partial charge in [-0.05, 0) is 19.3 Å². The number of aryl methyl sites for hydroxylation is 1. The second-order valence-corrected chi connectivity index (χ2v) is 5.89. The molecule has 3 nitrogen and oxygen atoms in total. The second-order valence-electron chi connectivity index (χ2n) is 4.73. The molecule has 2 rings (SSSR count). The third-order valence-corrected chi connectivity index (χ3v) is 4.14. The molecule has 4 heteroatoms. The third-order valence-electron chi connectivity index (χ3n) is 3.02. The number of aromatic nitrogens is 1. The fraction of sp³-hybridized carbons (Fsp3) is 0.750. The monoisotopic (exact) mass is 240 g/mol. The summed E-state index contributed by atoms with van der Waals surface area (Å²) in [6.45, 7) is 5.44. The molecule has 0 aromatic carbocycles. The normalized spacial score (nSPS) is 20.1. The van der Waals surface area contributed by atoms with Crippen LogP contribution in [0.4, 0.5) is 0 Å². The summed E-state index contributed by atoms with van der Waals surface area (Å²) in [5.41, 5.74) is 1.24. The van der Waals surface area contributed by atoms with Gasteiger partial charge in [0.1, 0.15) is 5.01 Å². The Morgan fingerprint density at radius 2 is 2.38 bits per heavy atom. The van der Waals surface area contributed by atoms with Crippen LogP contribution in [0.25, 0.3) is 0 Å². The van der Waals surface area contributed by atoms with E-state index >= 15 is 0 Å². The highest BCUT2D eigenvalue weighted by molar-refractivity contribution is 7.11.